The summed E-state index contributed by atoms with van der Waals surface area (Å²) in [5.41, 5.74) is 1.64. The maximum atomic E-state index is 6.11. The fourth-order valence-corrected chi connectivity index (χ4v) is 5.46. The summed E-state index contributed by atoms with van der Waals surface area (Å²) in [5.74, 6) is 2.53. The van der Waals surface area contributed by atoms with Crippen molar-refractivity contribution in [1.82, 2.24) is 10.6 Å². The minimum Gasteiger partial charge on any atom is -0.497 e. The first-order valence-electron chi connectivity index (χ1n) is 10.6. The average Bonchev–Trinajstić information content (AvgIpc) is 3.35. The van der Waals surface area contributed by atoms with Crippen LogP contribution in [0.15, 0.2) is 29.3 Å². The van der Waals surface area contributed by atoms with Gasteiger partial charge in [-0.25, -0.2) is 0 Å². The van der Waals surface area contributed by atoms with Gasteiger partial charge in [-0.05, 0) is 50.3 Å². The lowest BCUT2D eigenvalue weighted by molar-refractivity contribution is -0.125. The van der Waals surface area contributed by atoms with Gasteiger partial charge in [0.25, 0.3) is 0 Å². The number of fused-ring (bicyclic) bond motifs is 2. The SMILES string of the molecule is CCNC(=NCCc1ccc(OC)cc1)NC1C2CCOC2C12CCCC2. The summed E-state index contributed by atoms with van der Waals surface area (Å²) in [6, 6.07) is 8.79. The van der Waals surface area contributed by atoms with Gasteiger partial charge in [-0.15, -0.1) is 0 Å². The first-order chi connectivity index (χ1) is 13.3. The number of hydrogen-bond acceptors (Lipinski definition) is 3. The maximum absolute atomic E-state index is 6.11. The van der Waals surface area contributed by atoms with Gasteiger partial charge in [-0.1, -0.05) is 25.0 Å². The molecule has 1 aromatic carbocycles. The van der Waals surface area contributed by atoms with E-state index in [2.05, 4.69) is 29.7 Å². The highest BCUT2D eigenvalue weighted by Gasteiger charge is 2.65. The zero-order valence-corrected chi connectivity index (χ0v) is 16.7. The summed E-state index contributed by atoms with van der Waals surface area (Å²) in [7, 11) is 1.70. The summed E-state index contributed by atoms with van der Waals surface area (Å²) in [5, 5.41) is 7.25. The third-order valence-corrected chi connectivity index (χ3v) is 6.75. The Bertz CT molecular complexity index is 652. The predicted octanol–water partition coefficient (Wildman–Crippen LogP) is 3.14. The molecule has 0 bridgehead atoms. The van der Waals surface area contributed by atoms with E-state index in [4.69, 9.17) is 14.5 Å². The predicted molar refractivity (Wildman–Crippen MR) is 108 cm³/mol. The van der Waals surface area contributed by atoms with Crippen LogP contribution in [0.2, 0.25) is 0 Å². The summed E-state index contributed by atoms with van der Waals surface area (Å²) in [4.78, 5) is 4.86. The zero-order valence-electron chi connectivity index (χ0n) is 16.7. The smallest absolute Gasteiger partial charge is 0.191 e. The number of rotatable bonds is 6. The summed E-state index contributed by atoms with van der Waals surface area (Å²) < 4.78 is 11.3. The van der Waals surface area contributed by atoms with Crippen LogP contribution in [0.3, 0.4) is 0 Å². The molecule has 3 fully saturated rings. The van der Waals surface area contributed by atoms with Gasteiger partial charge in [-0.3, -0.25) is 4.99 Å². The molecular weight excluding hydrogens is 338 g/mol. The van der Waals surface area contributed by atoms with Crippen LogP contribution in [0.25, 0.3) is 0 Å². The molecule has 2 aliphatic carbocycles. The van der Waals surface area contributed by atoms with Crippen LogP contribution >= 0.6 is 0 Å². The molecule has 5 heteroatoms. The fourth-order valence-electron chi connectivity index (χ4n) is 5.46. The minimum atomic E-state index is 0.355. The molecule has 2 N–H and O–H groups in total. The van der Waals surface area contributed by atoms with Crippen molar-refractivity contribution in [1.29, 1.82) is 0 Å². The Balaban J connectivity index is 1.39. The first-order valence-corrected chi connectivity index (χ1v) is 10.6. The number of methoxy groups -OCH3 is 1. The van der Waals surface area contributed by atoms with E-state index in [1.54, 1.807) is 7.11 Å². The van der Waals surface area contributed by atoms with Crippen LogP contribution < -0.4 is 15.4 Å². The van der Waals surface area contributed by atoms with Crippen LogP contribution in [0.4, 0.5) is 0 Å². The van der Waals surface area contributed by atoms with Gasteiger partial charge in [0.15, 0.2) is 5.96 Å². The molecule has 1 aromatic rings. The Hall–Kier alpha value is -1.75. The molecule has 0 amide bonds. The Kier molecular flexibility index (Phi) is 5.58. The van der Waals surface area contributed by atoms with Gasteiger partial charge in [0.05, 0.1) is 13.2 Å². The van der Waals surface area contributed by atoms with Crippen molar-refractivity contribution in [2.45, 2.75) is 57.6 Å². The van der Waals surface area contributed by atoms with Crippen molar-refractivity contribution < 1.29 is 9.47 Å². The van der Waals surface area contributed by atoms with Crippen molar-refractivity contribution >= 4 is 5.96 Å². The second-order valence-corrected chi connectivity index (χ2v) is 8.16. The fraction of sp³-hybridized carbons (Fsp3) is 0.682. The van der Waals surface area contributed by atoms with E-state index >= 15 is 0 Å². The number of aliphatic imine (C=N–C) groups is 1. The Labute approximate surface area is 162 Å². The van der Waals surface area contributed by atoms with Crippen molar-refractivity contribution in [3.05, 3.63) is 29.8 Å². The minimum absolute atomic E-state index is 0.355. The van der Waals surface area contributed by atoms with Gasteiger partial charge in [0, 0.05) is 37.1 Å². The third-order valence-electron chi connectivity index (χ3n) is 6.75. The lowest BCUT2D eigenvalue weighted by Crippen LogP contribution is -2.69. The topological polar surface area (TPSA) is 54.9 Å². The maximum Gasteiger partial charge on any atom is 0.191 e. The molecule has 27 heavy (non-hydrogen) atoms. The second kappa shape index (κ2) is 8.09. The van der Waals surface area contributed by atoms with E-state index < -0.39 is 0 Å². The summed E-state index contributed by atoms with van der Waals surface area (Å²) in [6.45, 7) is 4.74. The van der Waals surface area contributed by atoms with Crippen LogP contribution in [0.1, 0.15) is 44.6 Å². The molecule has 1 aliphatic heterocycles. The van der Waals surface area contributed by atoms with Gasteiger partial charge in [-0.2, -0.15) is 0 Å². The number of nitrogens with one attached hydrogen (secondary N) is 2. The summed E-state index contributed by atoms with van der Waals surface area (Å²) >= 11 is 0. The molecule has 0 radical (unpaired) electrons. The number of guanidine groups is 1. The molecule has 3 unspecified atom stereocenters. The van der Waals surface area contributed by atoms with Gasteiger partial charge >= 0.3 is 0 Å². The van der Waals surface area contributed by atoms with Crippen molar-refractivity contribution in [2.24, 2.45) is 16.3 Å². The van der Waals surface area contributed by atoms with Crippen molar-refractivity contribution in [3.8, 4) is 5.75 Å². The Morgan fingerprint density at radius 3 is 2.74 bits per heavy atom. The largest absolute Gasteiger partial charge is 0.497 e. The van der Waals surface area contributed by atoms with Crippen LogP contribution in [0, 0.1) is 11.3 Å². The highest BCUT2D eigenvalue weighted by atomic mass is 16.5. The van der Waals surface area contributed by atoms with Gasteiger partial charge in [0.2, 0.25) is 0 Å². The molecule has 3 aliphatic rings. The molecule has 1 heterocycles. The average molecular weight is 372 g/mol. The lowest BCUT2D eigenvalue weighted by Gasteiger charge is -2.57. The van der Waals surface area contributed by atoms with E-state index in [0.29, 0.717) is 23.5 Å². The van der Waals surface area contributed by atoms with Crippen molar-refractivity contribution in [3.63, 3.8) is 0 Å². The van der Waals surface area contributed by atoms with Crippen LogP contribution in [-0.4, -0.2) is 44.9 Å². The second-order valence-electron chi connectivity index (χ2n) is 8.16. The third kappa shape index (κ3) is 3.54. The molecule has 3 atom stereocenters. The van der Waals surface area contributed by atoms with Gasteiger partial charge in [0.1, 0.15) is 5.75 Å². The van der Waals surface area contributed by atoms with E-state index in [1.807, 2.05) is 12.1 Å². The number of benzene rings is 1. The van der Waals surface area contributed by atoms with E-state index in [0.717, 1.165) is 37.8 Å². The van der Waals surface area contributed by atoms with E-state index in [-0.39, 0.29) is 0 Å². The standard InChI is InChI=1S/C22H33N3O2/c1-3-23-21(24-14-10-16-6-8-17(26-2)9-7-16)25-19-18-11-15-27-20(18)22(19)12-4-5-13-22/h6-9,18-20H,3-5,10-15H2,1-2H3,(H2,23,24,25). The molecule has 5 nitrogen and oxygen atoms in total. The van der Waals surface area contributed by atoms with Crippen LogP contribution in [0.5, 0.6) is 5.75 Å². The molecule has 2 saturated carbocycles. The van der Waals surface area contributed by atoms with Gasteiger partial charge < -0.3 is 20.1 Å². The molecule has 1 spiro atoms. The normalized spacial score (nSPS) is 28.7. The molecule has 4 rings (SSSR count). The monoisotopic (exact) mass is 371 g/mol. The van der Waals surface area contributed by atoms with E-state index in [9.17, 15) is 0 Å². The summed E-state index contributed by atoms with van der Waals surface area (Å²) in [6.07, 6.45) is 7.90. The number of ether oxygens (including phenoxy) is 2. The van der Waals surface area contributed by atoms with E-state index in [1.165, 1.54) is 37.7 Å². The molecular formula is C22H33N3O2. The number of nitrogens with zero attached hydrogens (tertiary/aromatic N) is 1. The Morgan fingerprint density at radius 1 is 1.26 bits per heavy atom. The first kappa shape index (κ1) is 18.6. The molecule has 1 saturated heterocycles. The molecule has 0 aromatic heterocycles. The highest BCUT2D eigenvalue weighted by molar-refractivity contribution is 5.80. The van der Waals surface area contributed by atoms with Crippen molar-refractivity contribution in [2.75, 3.05) is 26.8 Å². The zero-order chi connectivity index (χ0) is 18.7. The molecule has 148 valence electrons. The lowest BCUT2D eigenvalue weighted by atomic mass is 9.54. The Morgan fingerprint density at radius 2 is 2.04 bits per heavy atom. The quantitative estimate of drug-likeness (QED) is 0.596. The number of hydrogen-bond donors (Lipinski definition) is 2. The highest BCUT2D eigenvalue weighted by Crippen LogP contribution is 2.60. The van der Waals surface area contributed by atoms with Crippen LogP contribution in [-0.2, 0) is 11.2 Å².